The quantitative estimate of drug-likeness (QED) is 0.238. The van der Waals surface area contributed by atoms with Crippen LogP contribution in [0.25, 0.3) is 10.2 Å². The number of fused-ring (bicyclic) bond motifs is 1. The smallest absolute Gasteiger partial charge is 0.315 e. The lowest BCUT2D eigenvalue weighted by atomic mass is 9.80. The lowest BCUT2D eigenvalue weighted by Gasteiger charge is -2.36. The minimum absolute atomic E-state index is 0.168. The largest absolute Gasteiger partial charge is 0.344 e. The number of carbonyl (C=O) groups excluding carboxylic acids is 4. The zero-order chi connectivity index (χ0) is 32.1. The molecule has 0 radical (unpaired) electrons. The number of hydrogen-bond acceptors (Lipinski definition) is 6. The van der Waals surface area contributed by atoms with Gasteiger partial charge in [0.15, 0.2) is 5.01 Å². The Balaban J connectivity index is 1.56. The van der Waals surface area contributed by atoms with Gasteiger partial charge in [-0.15, -0.1) is 11.3 Å². The topological polar surface area (TPSA) is 121 Å². The predicted molar refractivity (Wildman–Crippen MR) is 174 cm³/mol. The van der Waals surface area contributed by atoms with E-state index in [1.54, 1.807) is 0 Å². The Kier molecular flexibility index (Phi) is 10.4. The third-order valence-corrected chi connectivity index (χ3v) is 8.74. The maximum Gasteiger partial charge on any atom is 0.315 e. The Bertz CT molecular complexity index is 1440. The van der Waals surface area contributed by atoms with Gasteiger partial charge in [-0.2, -0.15) is 0 Å². The summed E-state index contributed by atoms with van der Waals surface area (Å²) in [6.07, 6.45) is 3.69. The zero-order valence-corrected chi connectivity index (χ0v) is 27.4. The van der Waals surface area contributed by atoms with E-state index >= 15 is 0 Å². The van der Waals surface area contributed by atoms with E-state index in [0.29, 0.717) is 17.3 Å². The highest BCUT2D eigenvalue weighted by atomic mass is 32.1. The van der Waals surface area contributed by atoms with Gasteiger partial charge in [0, 0.05) is 12.1 Å². The Morgan fingerprint density at radius 3 is 2.18 bits per heavy atom. The number of hydrogen-bond donors (Lipinski definition) is 3. The number of carbonyl (C=O) groups is 4. The van der Waals surface area contributed by atoms with E-state index in [9.17, 15) is 19.2 Å². The number of urea groups is 1. The van der Waals surface area contributed by atoms with E-state index in [0.717, 1.165) is 35.0 Å². The summed E-state index contributed by atoms with van der Waals surface area (Å²) in [5, 5.41) is 9.04. The molecule has 236 valence electrons. The molecule has 1 aliphatic rings. The maximum atomic E-state index is 14.1. The van der Waals surface area contributed by atoms with Crippen molar-refractivity contribution in [3.05, 3.63) is 65.2 Å². The lowest BCUT2D eigenvalue weighted by molar-refractivity contribution is -0.140. The number of amides is 4. The van der Waals surface area contributed by atoms with Crippen LogP contribution in [-0.4, -0.2) is 57.7 Å². The number of para-hydroxylation sites is 1. The molecule has 1 heterocycles. The number of ketones is 1. The predicted octanol–water partition coefficient (Wildman–Crippen LogP) is 5.70. The van der Waals surface area contributed by atoms with E-state index in [4.69, 9.17) is 0 Å². The molecular weight excluding hydrogens is 574 g/mol. The summed E-state index contributed by atoms with van der Waals surface area (Å²) in [4.78, 5) is 60.4. The van der Waals surface area contributed by atoms with Crippen molar-refractivity contribution in [1.29, 1.82) is 0 Å². The molecule has 4 rings (SSSR count). The monoisotopic (exact) mass is 619 g/mol. The minimum Gasteiger partial charge on any atom is -0.344 e. The molecule has 3 aromatic rings. The Labute approximate surface area is 264 Å². The van der Waals surface area contributed by atoms with Crippen LogP contribution >= 0.6 is 11.3 Å². The van der Waals surface area contributed by atoms with Gasteiger partial charge < -0.3 is 20.9 Å². The van der Waals surface area contributed by atoms with Gasteiger partial charge >= 0.3 is 6.03 Å². The summed E-state index contributed by atoms with van der Waals surface area (Å²) in [5.41, 5.74) is 0.458. The molecule has 0 saturated heterocycles. The molecule has 0 spiro atoms. The standard InChI is InChI=1S/C34H45N5O4S/c1-33(2,3)29(37-32(43)38-34(4,5)6)31(42)39(20-23-13-8-7-9-14-23)21-27(40)35-25(19-22-15-12-16-22)28(41)30-36-24-17-10-11-18-26(24)44-30/h7-11,13-14,17-18,22,25,29H,12,15-16,19-21H2,1-6H3,(H,35,40)(H2,37,38,43)/t25?,29-/m1/s1. The molecule has 4 amide bonds. The molecule has 44 heavy (non-hydrogen) atoms. The van der Waals surface area contributed by atoms with Crippen molar-refractivity contribution < 1.29 is 19.2 Å². The third-order valence-electron chi connectivity index (χ3n) is 7.69. The van der Waals surface area contributed by atoms with Gasteiger partial charge in [-0.05, 0) is 56.2 Å². The van der Waals surface area contributed by atoms with Crippen LogP contribution in [0.1, 0.15) is 82.6 Å². The van der Waals surface area contributed by atoms with Crippen LogP contribution in [0.3, 0.4) is 0 Å². The first kappa shape index (κ1) is 33.1. The molecule has 2 aromatic carbocycles. The molecular formula is C34H45N5O4S. The van der Waals surface area contributed by atoms with Gasteiger partial charge in [0.1, 0.15) is 6.04 Å². The molecule has 1 aromatic heterocycles. The van der Waals surface area contributed by atoms with E-state index in [1.807, 2.05) is 96.1 Å². The number of Topliss-reactive ketones (excluding diaryl/α,β-unsaturated/α-hetero) is 1. The van der Waals surface area contributed by atoms with Crippen molar-refractivity contribution in [2.24, 2.45) is 11.3 Å². The van der Waals surface area contributed by atoms with Gasteiger partial charge in [-0.1, -0.05) is 82.5 Å². The molecule has 1 saturated carbocycles. The number of benzene rings is 2. The summed E-state index contributed by atoms with van der Waals surface area (Å²) < 4.78 is 0.917. The second-order valence-corrected chi connectivity index (χ2v) is 14.9. The molecule has 2 atom stereocenters. The number of thiazole rings is 1. The fraction of sp³-hybridized carbons (Fsp3) is 0.500. The van der Waals surface area contributed by atoms with Gasteiger partial charge in [0.2, 0.25) is 17.6 Å². The van der Waals surface area contributed by atoms with Crippen molar-refractivity contribution in [3.8, 4) is 0 Å². The van der Waals surface area contributed by atoms with Crippen LogP contribution in [0.2, 0.25) is 0 Å². The average Bonchev–Trinajstić information content (AvgIpc) is 3.35. The third kappa shape index (κ3) is 9.11. The van der Waals surface area contributed by atoms with Crippen molar-refractivity contribution in [3.63, 3.8) is 0 Å². The highest BCUT2D eigenvalue weighted by Gasteiger charge is 2.38. The zero-order valence-electron chi connectivity index (χ0n) is 26.6. The van der Waals surface area contributed by atoms with Crippen molar-refractivity contribution in [2.75, 3.05) is 6.54 Å². The van der Waals surface area contributed by atoms with Crippen LogP contribution in [0, 0.1) is 11.3 Å². The van der Waals surface area contributed by atoms with Gasteiger partial charge in [0.05, 0.1) is 22.8 Å². The summed E-state index contributed by atoms with van der Waals surface area (Å²) >= 11 is 1.33. The number of rotatable bonds is 11. The Morgan fingerprint density at radius 2 is 1.59 bits per heavy atom. The first-order valence-electron chi connectivity index (χ1n) is 15.3. The fourth-order valence-electron chi connectivity index (χ4n) is 5.19. The summed E-state index contributed by atoms with van der Waals surface area (Å²) in [7, 11) is 0. The molecule has 1 aliphatic carbocycles. The van der Waals surface area contributed by atoms with Crippen LogP contribution < -0.4 is 16.0 Å². The molecule has 1 fully saturated rings. The summed E-state index contributed by atoms with van der Waals surface area (Å²) in [6.45, 7) is 11.1. The number of nitrogens with one attached hydrogen (secondary N) is 3. The van der Waals surface area contributed by atoms with Crippen molar-refractivity contribution in [2.45, 2.75) is 91.4 Å². The van der Waals surface area contributed by atoms with Gasteiger partial charge in [0.25, 0.3) is 0 Å². The van der Waals surface area contributed by atoms with E-state index in [2.05, 4.69) is 20.9 Å². The fourth-order valence-corrected chi connectivity index (χ4v) is 6.15. The minimum atomic E-state index is -0.906. The molecule has 0 aliphatic heterocycles. The highest BCUT2D eigenvalue weighted by molar-refractivity contribution is 7.20. The first-order chi connectivity index (χ1) is 20.7. The van der Waals surface area contributed by atoms with E-state index in [-0.39, 0.29) is 24.8 Å². The lowest BCUT2D eigenvalue weighted by Crippen LogP contribution is -2.59. The van der Waals surface area contributed by atoms with Gasteiger partial charge in [-0.3, -0.25) is 14.4 Å². The molecule has 0 bridgehead atoms. The Hall–Kier alpha value is -3.79. The van der Waals surface area contributed by atoms with Gasteiger partial charge in [-0.25, -0.2) is 9.78 Å². The van der Waals surface area contributed by atoms with Crippen LogP contribution in [0.4, 0.5) is 4.79 Å². The average molecular weight is 620 g/mol. The summed E-state index contributed by atoms with van der Waals surface area (Å²) in [5.74, 6) is -0.662. The van der Waals surface area contributed by atoms with Crippen molar-refractivity contribution >= 4 is 45.2 Å². The maximum absolute atomic E-state index is 14.1. The molecule has 3 N–H and O–H groups in total. The number of aromatic nitrogens is 1. The normalized spacial score (nSPS) is 15.1. The van der Waals surface area contributed by atoms with E-state index < -0.39 is 35.0 Å². The Morgan fingerprint density at radius 1 is 0.932 bits per heavy atom. The SMILES string of the molecule is CC(C)(C)NC(=O)N[C@H](C(=O)N(CC(=O)NC(CC1CCC1)C(=O)c1nc2ccccc2s1)Cc1ccccc1)C(C)(C)C. The molecule has 1 unspecified atom stereocenters. The van der Waals surface area contributed by atoms with Crippen LogP contribution in [0.15, 0.2) is 54.6 Å². The summed E-state index contributed by atoms with van der Waals surface area (Å²) in [6, 6.07) is 14.9. The highest BCUT2D eigenvalue weighted by Crippen LogP contribution is 2.32. The van der Waals surface area contributed by atoms with Crippen molar-refractivity contribution in [1.82, 2.24) is 25.8 Å². The first-order valence-corrected chi connectivity index (χ1v) is 16.1. The molecule has 9 nitrogen and oxygen atoms in total. The second-order valence-electron chi connectivity index (χ2n) is 13.8. The van der Waals surface area contributed by atoms with Crippen LogP contribution in [0.5, 0.6) is 0 Å². The van der Waals surface area contributed by atoms with E-state index in [1.165, 1.54) is 16.2 Å². The molecule has 10 heteroatoms. The number of nitrogens with zero attached hydrogens (tertiary/aromatic N) is 2. The second kappa shape index (κ2) is 13.9. The van der Waals surface area contributed by atoms with Crippen LogP contribution in [-0.2, 0) is 16.1 Å².